The highest BCUT2D eigenvalue weighted by molar-refractivity contribution is 8.04. The van der Waals surface area contributed by atoms with Crippen LogP contribution in [0.5, 0.6) is 0 Å². The minimum Gasteiger partial charge on any atom is -0.348 e. The van der Waals surface area contributed by atoms with Crippen molar-refractivity contribution < 1.29 is 14.0 Å². The zero-order valence-electron chi connectivity index (χ0n) is 19.4. The summed E-state index contributed by atoms with van der Waals surface area (Å²) in [6.07, 6.45) is 1.81. The topological polar surface area (TPSA) is 49.4 Å². The van der Waals surface area contributed by atoms with Crippen LogP contribution in [0.1, 0.15) is 27.0 Å². The number of fused-ring (bicyclic) bond motifs is 1. The molecule has 4 aromatic carbocycles. The number of carbonyl (C=O) groups is 2. The van der Waals surface area contributed by atoms with E-state index in [1.807, 2.05) is 72.8 Å². The number of anilines is 1. The molecular weight excluding hydrogens is 471 g/mol. The molecule has 2 amide bonds. The maximum atomic E-state index is 14.4. The van der Waals surface area contributed by atoms with E-state index in [4.69, 9.17) is 0 Å². The summed E-state index contributed by atoms with van der Waals surface area (Å²) in [4.78, 5) is 29.1. The van der Waals surface area contributed by atoms with Crippen LogP contribution in [0.25, 0.3) is 6.08 Å². The summed E-state index contributed by atoms with van der Waals surface area (Å²) >= 11 is 1.39. The van der Waals surface area contributed by atoms with Crippen LogP contribution in [0.2, 0.25) is 0 Å². The highest BCUT2D eigenvalue weighted by Crippen LogP contribution is 2.42. The summed E-state index contributed by atoms with van der Waals surface area (Å²) in [6.45, 7) is 0.592. The van der Waals surface area contributed by atoms with E-state index in [1.165, 1.54) is 17.8 Å². The van der Waals surface area contributed by atoms with Crippen molar-refractivity contribution in [3.63, 3.8) is 0 Å². The molecule has 1 aliphatic rings. The Kier molecular flexibility index (Phi) is 6.96. The maximum absolute atomic E-state index is 14.4. The Morgan fingerprint density at radius 1 is 0.861 bits per heavy atom. The van der Waals surface area contributed by atoms with E-state index in [-0.39, 0.29) is 24.2 Å². The maximum Gasteiger partial charge on any atom is 0.265 e. The molecule has 178 valence electrons. The Morgan fingerprint density at radius 2 is 1.56 bits per heavy atom. The van der Waals surface area contributed by atoms with Gasteiger partial charge in [0, 0.05) is 22.6 Å². The Balaban J connectivity index is 1.35. The van der Waals surface area contributed by atoms with Crippen molar-refractivity contribution in [2.24, 2.45) is 0 Å². The number of hydrogen-bond acceptors (Lipinski definition) is 3. The van der Waals surface area contributed by atoms with Gasteiger partial charge in [-0.25, -0.2) is 4.39 Å². The summed E-state index contributed by atoms with van der Waals surface area (Å²) in [5.74, 6) is -0.689. The summed E-state index contributed by atoms with van der Waals surface area (Å²) in [5.41, 5.74) is 3.59. The zero-order chi connectivity index (χ0) is 24.9. The molecule has 5 rings (SSSR count). The smallest absolute Gasteiger partial charge is 0.265 e. The number of benzene rings is 4. The standard InChI is InChI=1S/C30H23FN2O2S/c31-25-11-5-4-10-24(25)20-33-26-12-6-7-13-27(26)36-28(30(33)35)18-21-14-16-23(17-15-21)29(34)32-19-22-8-2-1-3-9-22/h1-18H,19-20H2,(H,32,34)/b28-18-. The largest absolute Gasteiger partial charge is 0.348 e. The van der Waals surface area contributed by atoms with Crippen molar-refractivity contribution >= 4 is 35.3 Å². The van der Waals surface area contributed by atoms with Crippen LogP contribution >= 0.6 is 11.8 Å². The molecule has 0 spiro atoms. The van der Waals surface area contributed by atoms with Gasteiger partial charge >= 0.3 is 0 Å². The highest BCUT2D eigenvalue weighted by atomic mass is 32.2. The van der Waals surface area contributed by atoms with Crippen LogP contribution in [0.3, 0.4) is 0 Å². The van der Waals surface area contributed by atoms with Crippen molar-refractivity contribution in [2.45, 2.75) is 18.0 Å². The minimum absolute atomic E-state index is 0.140. The van der Waals surface area contributed by atoms with Gasteiger partial charge in [0.1, 0.15) is 5.82 Å². The van der Waals surface area contributed by atoms with E-state index >= 15 is 0 Å². The minimum atomic E-state index is -0.340. The van der Waals surface area contributed by atoms with Gasteiger partial charge in [-0.3, -0.25) is 9.59 Å². The molecule has 0 bridgehead atoms. The Hall–Kier alpha value is -4.16. The molecule has 6 heteroatoms. The molecule has 0 aromatic heterocycles. The third-order valence-electron chi connectivity index (χ3n) is 5.88. The number of halogens is 1. The number of carbonyl (C=O) groups excluding carboxylic acids is 2. The van der Waals surface area contributed by atoms with Crippen molar-refractivity contribution in [3.8, 4) is 0 Å². The lowest BCUT2D eigenvalue weighted by Crippen LogP contribution is -2.34. The molecule has 36 heavy (non-hydrogen) atoms. The number of para-hydroxylation sites is 1. The van der Waals surface area contributed by atoms with Crippen molar-refractivity contribution in [2.75, 3.05) is 4.90 Å². The van der Waals surface area contributed by atoms with E-state index in [2.05, 4.69) is 5.32 Å². The molecule has 0 radical (unpaired) electrons. The van der Waals surface area contributed by atoms with E-state index < -0.39 is 0 Å². The fraction of sp³-hybridized carbons (Fsp3) is 0.0667. The number of nitrogens with one attached hydrogen (secondary N) is 1. The zero-order valence-corrected chi connectivity index (χ0v) is 20.2. The number of thioether (sulfide) groups is 1. The number of nitrogens with zero attached hydrogens (tertiary/aromatic N) is 1. The number of rotatable bonds is 6. The first kappa shape index (κ1) is 23.6. The van der Waals surface area contributed by atoms with Crippen LogP contribution in [0, 0.1) is 5.82 Å². The molecule has 0 fully saturated rings. The molecule has 1 heterocycles. The van der Waals surface area contributed by atoms with Gasteiger partial charge in [0.15, 0.2) is 0 Å². The molecular formula is C30H23FN2O2S. The first-order valence-corrected chi connectivity index (χ1v) is 12.4. The monoisotopic (exact) mass is 494 g/mol. The average molecular weight is 495 g/mol. The summed E-state index contributed by atoms with van der Waals surface area (Å²) in [5, 5.41) is 2.92. The van der Waals surface area contributed by atoms with Gasteiger partial charge in [-0.05, 0) is 47.5 Å². The molecule has 0 unspecified atom stereocenters. The molecule has 0 aliphatic carbocycles. The van der Waals surface area contributed by atoms with Crippen molar-refractivity contribution in [1.29, 1.82) is 0 Å². The Labute approximate surface area is 213 Å². The molecule has 1 N–H and O–H groups in total. The van der Waals surface area contributed by atoms with Crippen molar-refractivity contribution in [3.05, 3.63) is 136 Å². The molecule has 0 atom stereocenters. The van der Waals surface area contributed by atoms with Gasteiger partial charge in [-0.2, -0.15) is 0 Å². The molecule has 4 nitrogen and oxygen atoms in total. The first-order valence-electron chi connectivity index (χ1n) is 11.5. The molecule has 4 aromatic rings. The molecule has 0 saturated carbocycles. The normalized spacial score (nSPS) is 14.0. The quantitative estimate of drug-likeness (QED) is 0.314. The third-order valence-corrected chi connectivity index (χ3v) is 6.96. The van der Waals surface area contributed by atoms with Gasteiger partial charge in [0.2, 0.25) is 0 Å². The predicted octanol–water partition coefficient (Wildman–Crippen LogP) is 6.44. The average Bonchev–Trinajstić information content (AvgIpc) is 2.91. The van der Waals surface area contributed by atoms with E-state index in [0.29, 0.717) is 22.6 Å². The van der Waals surface area contributed by atoms with E-state index in [1.54, 1.807) is 35.2 Å². The van der Waals surface area contributed by atoms with Crippen LogP contribution in [0.4, 0.5) is 10.1 Å². The van der Waals surface area contributed by atoms with E-state index in [9.17, 15) is 14.0 Å². The SMILES string of the molecule is O=C(NCc1ccccc1)c1ccc(/C=C2\Sc3ccccc3N(Cc3ccccc3F)C2=O)cc1. The highest BCUT2D eigenvalue weighted by Gasteiger charge is 2.29. The number of hydrogen-bond donors (Lipinski definition) is 1. The lowest BCUT2D eigenvalue weighted by Gasteiger charge is -2.30. The van der Waals surface area contributed by atoms with Crippen molar-refractivity contribution in [1.82, 2.24) is 5.32 Å². The van der Waals surface area contributed by atoms with Gasteiger partial charge in [-0.15, -0.1) is 0 Å². The summed E-state index contributed by atoms with van der Waals surface area (Å²) in [6, 6.07) is 31.0. The predicted molar refractivity (Wildman–Crippen MR) is 142 cm³/mol. The third kappa shape index (κ3) is 5.24. The second-order valence-corrected chi connectivity index (χ2v) is 9.44. The first-order chi connectivity index (χ1) is 17.6. The van der Waals surface area contributed by atoms with Crippen LogP contribution in [-0.4, -0.2) is 11.8 Å². The lowest BCUT2D eigenvalue weighted by atomic mass is 10.1. The second-order valence-electron chi connectivity index (χ2n) is 8.35. The Morgan fingerprint density at radius 3 is 2.33 bits per heavy atom. The van der Waals surface area contributed by atoms with Gasteiger partial charge < -0.3 is 10.2 Å². The molecule has 0 saturated heterocycles. The van der Waals surface area contributed by atoms with Gasteiger partial charge in [0.25, 0.3) is 11.8 Å². The Bertz CT molecular complexity index is 1440. The van der Waals surface area contributed by atoms with Crippen LogP contribution in [0.15, 0.2) is 113 Å². The lowest BCUT2D eigenvalue weighted by molar-refractivity contribution is -0.114. The fourth-order valence-electron chi connectivity index (χ4n) is 3.98. The van der Waals surface area contributed by atoms with Gasteiger partial charge in [0.05, 0.1) is 17.1 Å². The van der Waals surface area contributed by atoms with E-state index in [0.717, 1.165) is 21.7 Å². The second kappa shape index (κ2) is 10.6. The fourth-order valence-corrected chi connectivity index (χ4v) is 5.04. The summed E-state index contributed by atoms with van der Waals surface area (Å²) < 4.78 is 14.4. The van der Waals surface area contributed by atoms with Crippen LogP contribution in [-0.2, 0) is 17.9 Å². The summed E-state index contributed by atoms with van der Waals surface area (Å²) in [7, 11) is 0. The molecule has 1 aliphatic heterocycles. The van der Waals surface area contributed by atoms with Gasteiger partial charge in [-0.1, -0.05) is 84.6 Å². The number of amides is 2. The van der Waals surface area contributed by atoms with Crippen LogP contribution < -0.4 is 10.2 Å².